The summed E-state index contributed by atoms with van der Waals surface area (Å²) in [7, 11) is 1.84. The van der Waals surface area contributed by atoms with Gasteiger partial charge in [0.25, 0.3) is 5.91 Å². The van der Waals surface area contributed by atoms with Gasteiger partial charge in [0.05, 0.1) is 17.8 Å². The third-order valence-corrected chi connectivity index (χ3v) is 5.26. The Balaban J connectivity index is 1.46. The van der Waals surface area contributed by atoms with E-state index in [1.165, 1.54) is 12.0 Å². The van der Waals surface area contributed by atoms with Crippen molar-refractivity contribution in [3.05, 3.63) is 77.5 Å². The monoisotopic (exact) mass is 359 g/mol. The summed E-state index contributed by atoms with van der Waals surface area (Å²) in [5, 5.41) is 4.52. The molecule has 0 bridgehead atoms. The van der Waals surface area contributed by atoms with Crippen LogP contribution in [0.5, 0.6) is 0 Å². The first-order valence-corrected chi connectivity index (χ1v) is 9.59. The van der Waals surface area contributed by atoms with E-state index < -0.39 is 0 Å². The molecule has 2 aromatic carbocycles. The molecule has 1 atom stereocenters. The van der Waals surface area contributed by atoms with E-state index in [9.17, 15) is 4.79 Å². The van der Waals surface area contributed by atoms with Crippen LogP contribution in [0.4, 0.5) is 0 Å². The highest BCUT2D eigenvalue weighted by atomic mass is 16.2. The third-order valence-electron chi connectivity index (χ3n) is 5.26. The minimum absolute atomic E-state index is 0.0383. The van der Waals surface area contributed by atoms with E-state index in [0.717, 1.165) is 41.7 Å². The standard InChI is InChI=1S/C23H25N3O/c1-26(16-21-10-9-19-6-2-3-8-22(19)25-21)23(27)20-7-4-5-17(14-20)13-18-11-12-24-15-18/h2-10,14,18,24H,11-13,15-16H2,1H3. The lowest BCUT2D eigenvalue weighted by atomic mass is 9.97. The maximum absolute atomic E-state index is 12.9. The Hall–Kier alpha value is -2.72. The van der Waals surface area contributed by atoms with Crippen molar-refractivity contribution >= 4 is 16.8 Å². The molecule has 1 amide bonds. The van der Waals surface area contributed by atoms with Crippen LogP contribution in [0.15, 0.2) is 60.7 Å². The van der Waals surface area contributed by atoms with Crippen molar-refractivity contribution in [3.63, 3.8) is 0 Å². The molecule has 3 aromatic rings. The molecule has 0 radical (unpaired) electrons. The van der Waals surface area contributed by atoms with Gasteiger partial charge in [-0.3, -0.25) is 9.78 Å². The molecule has 138 valence electrons. The Labute approximate surface area is 160 Å². The number of amides is 1. The molecule has 1 unspecified atom stereocenters. The van der Waals surface area contributed by atoms with Crippen LogP contribution in [-0.2, 0) is 13.0 Å². The average Bonchev–Trinajstić information content (AvgIpc) is 3.20. The second-order valence-corrected chi connectivity index (χ2v) is 7.42. The summed E-state index contributed by atoms with van der Waals surface area (Å²) in [6.45, 7) is 2.68. The van der Waals surface area contributed by atoms with Crippen LogP contribution in [0.1, 0.15) is 28.0 Å². The van der Waals surface area contributed by atoms with E-state index >= 15 is 0 Å². The summed E-state index contributed by atoms with van der Waals surface area (Å²) in [6, 6.07) is 20.2. The second-order valence-electron chi connectivity index (χ2n) is 7.42. The number of carbonyl (C=O) groups excluding carboxylic acids is 1. The predicted octanol–water partition coefficient (Wildman–Crippen LogP) is 3.66. The molecular weight excluding hydrogens is 334 g/mol. The number of hydrogen-bond donors (Lipinski definition) is 1. The minimum atomic E-state index is 0.0383. The van der Waals surface area contributed by atoms with Crippen LogP contribution in [0.2, 0.25) is 0 Å². The summed E-state index contributed by atoms with van der Waals surface area (Å²) >= 11 is 0. The number of fused-ring (bicyclic) bond motifs is 1. The van der Waals surface area contributed by atoms with Gasteiger partial charge in [0.1, 0.15) is 0 Å². The van der Waals surface area contributed by atoms with Gasteiger partial charge in [-0.25, -0.2) is 0 Å². The lowest BCUT2D eigenvalue weighted by molar-refractivity contribution is 0.0783. The summed E-state index contributed by atoms with van der Waals surface area (Å²) in [4.78, 5) is 19.3. The van der Waals surface area contributed by atoms with Crippen molar-refractivity contribution in [2.75, 3.05) is 20.1 Å². The van der Waals surface area contributed by atoms with Gasteiger partial charge < -0.3 is 10.2 Å². The van der Waals surface area contributed by atoms with Crippen molar-refractivity contribution in [3.8, 4) is 0 Å². The Bertz CT molecular complexity index is 947. The minimum Gasteiger partial charge on any atom is -0.336 e. The Morgan fingerprint density at radius 2 is 2.04 bits per heavy atom. The van der Waals surface area contributed by atoms with Crippen LogP contribution < -0.4 is 5.32 Å². The molecule has 0 saturated carbocycles. The Morgan fingerprint density at radius 3 is 2.89 bits per heavy atom. The maximum Gasteiger partial charge on any atom is 0.253 e. The third kappa shape index (κ3) is 4.17. The summed E-state index contributed by atoms with van der Waals surface area (Å²) in [6.07, 6.45) is 2.25. The number of nitrogens with one attached hydrogen (secondary N) is 1. The van der Waals surface area contributed by atoms with Gasteiger partial charge in [0, 0.05) is 18.0 Å². The first-order chi connectivity index (χ1) is 13.2. The molecular formula is C23H25N3O. The Kier molecular flexibility index (Phi) is 5.16. The summed E-state index contributed by atoms with van der Waals surface area (Å²) < 4.78 is 0. The number of nitrogens with zero attached hydrogens (tertiary/aromatic N) is 2. The number of hydrogen-bond acceptors (Lipinski definition) is 3. The van der Waals surface area contributed by atoms with Crippen molar-refractivity contribution in [2.45, 2.75) is 19.4 Å². The van der Waals surface area contributed by atoms with Gasteiger partial charge in [0.15, 0.2) is 0 Å². The zero-order valence-electron chi connectivity index (χ0n) is 15.7. The number of aromatic nitrogens is 1. The normalized spacial score (nSPS) is 16.6. The lowest BCUT2D eigenvalue weighted by Gasteiger charge is -2.18. The van der Waals surface area contributed by atoms with Gasteiger partial charge in [-0.2, -0.15) is 0 Å². The zero-order valence-corrected chi connectivity index (χ0v) is 15.7. The van der Waals surface area contributed by atoms with E-state index in [1.807, 2.05) is 55.6 Å². The zero-order chi connectivity index (χ0) is 18.6. The smallest absolute Gasteiger partial charge is 0.253 e. The van der Waals surface area contributed by atoms with E-state index in [4.69, 9.17) is 0 Å². The highest BCUT2D eigenvalue weighted by Gasteiger charge is 2.17. The molecule has 4 rings (SSSR count). The number of carbonyl (C=O) groups is 1. The SMILES string of the molecule is CN(Cc1ccc2ccccc2n1)C(=O)c1cccc(CC2CCNC2)c1. The molecule has 27 heavy (non-hydrogen) atoms. The molecule has 1 fully saturated rings. The van der Waals surface area contributed by atoms with Gasteiger partial charge in [-0.05, 0) is 61.7 Å². The first-order valence-electron chi connectivity index (χ1n) is 9.59. The van der Waals surface area contributed by atoms with Crippen LogP contribution >= 0.6 is 0 Å². The van der Waals surface area contributed by atoms with E-state index in [1.54, 1.807) is 4.90 Å². The molecule has 1 aliphatic heterocycles. The molecule has 1 saturated heterocycles. The fourth-order valence-corrected chi connectivity index (χ4v) is 3.78. The van der Waals surface area contributed by atoms with Crippen LogP contribution in [0, 0.1) is 5.92 Å². The van der Waals surface area contributed by atoms with Crippen molar-refractivity contribution in [2.24, 2.45) is 5.92 Å². The van der Waals surface area contributed by atoms with Gasteiger partial charge in [-0.1, -0.05) is 36.4 Å². The van der Waals surface area contributed by atoms with Gasteiger partial charge in [-0.15, -0.1) is 0 Å². The van der Waals surface area contributed by atoms with E-state index in [-0.39, 0.29) is 5.91 Å². The fraction of sp³-hybridized carbons (Fsp3) is 0.304. The first kappa shape index (κ1) is 17.7. The average molecular weight is 359 g/mol. The van der Waals surface area contributed by atoms with Crippen LogP contribution in [0.3, 0.4) is 0 Å². The van der Waals surface area contributed by atoms with Crippen molar-refractivity contribution in [1.29, 1.82) is 0 Å². The molecule has 2 heterocycles. The highest BCUT2D eigenvalue weighted by molar-refractivity contribution is 5.94. The maximum atomic E-state index is 12.9. The number of pyridine rings is 1. The fourth-order valence-electron chi connectivity index (χ4n) is 3.78. The van der Waals surface area contributed by atoms with E-state index in [2.05, 4.69) is 22.4 Å². The molecule has 1 N–H and O–H groups in total. The summed E-state index contributed by atoms with van der Waals surface area (Å²) in [5.74, 6) is 0.714. The lowest BCUT2D eigenvalue weighted by Crippen LogP contribution is -2.26. The molecule has 0 spiro atoms. The number of rotatable bonds is 5. The quantitative estimate of drug-likeness (QED) is 0.756. The predicted molar refractivity (Wildman–Crippen MR) is 109 cm³/mol. The second kappa shape index (κ2) is 7.89. The largest absolute Gasteiger partial charge is 0.336 e. The van der Waals surface area contributed by atoms with Gasteiger partial charge >= 0.3 is 0 Å². The molecule has 1 aromatic heterocycles. The summed E-state index contributed by atoms with van der Waals surface area (Å²) in [5.41, 5.74) is 3.86. The van der Waals surface area contributed by atoms with Crippen molar-refractivity contribution in [1.82, 2.24) is 15.2 Å². The van der Waals surface area contributed by atoms with Crippen LogP contribution in [0.25, 0.3) is 10.9 Å². The molecule has 1 aliphatic rings. The van der Waals surface area contributed by atoms with Crippen LogP contribution in [-0.4, -0.2) is 35.9 Å². The highest BCUT2D eigenvalue weighted by Crippen LogP contribution is 2.18. The number of para-hydroxylation sites is 1. The number of benzene rings is 2. The molecule has 0 aliphatic carbocycles. The molecule has 4 heteroatoms. The van der Waals surface area contributed by atoms with E-state index in [0.29, 0.717) is 12.5 Å². The van der Waals surface area contributed by atoms with Gasteiger partial charge in [0.2, 0.25) is 0 Å². The Morgan fingerprint density at radius 1 is 1.15 bits per heavy atom. The molecule has 4 nitrogen and oxygen atoms in total. The topological polar surface area (TPSA) is 45.2 Å². The van der Waals surface area contributed by atoms with Crippen molar-refractivity contribution < 1.29 is 4.79 Å².